The van der Waals surface area contributed by atoms with Crippen LogP contribution in [-0.4, -0.2) is 9.97 Å². The first-order valence-electron chi connectivity index (χ1n) is 6.18. The average molecular weight is 278 g/mol. The normalized spacial score (nSPS) is 10.4. The monoisotopic (exact) mass is 277 g/mol. The summed E-state index contributed by atoms with van der Waals surface area (Å²) in [6.07, 6.45) is 1.75. The van der Waals surface area contributed by atoms with Gasteiger partial charge < -0.3 is 10.5 Å². The van der Waals surface area contributed by atoms with Crippen LogP contribution >= 0.6 is 11.6 Å². The molecule has 5 heteroatoms. The van der Waals surface area contributed by atoms with E-state index in [4.69, 9.17) is 22.1 Å². The average Bonchev–Trinajstić information content (AvgIpc) is 2.37. The Bertz CT molecular complexity index is 560. The summed E-state index contributed by atoms with van der Waals surface area (Å²) < 4.78 is 5.63. The molecule has 0 amide bonds. The van der Waals surface area contributed by atoms with Crippen LogP contribution in [0.4, 0.5) is 5.82 Å². The van der Waals surface area contributed by atoms with E-state index in [2.05, 4.69) is 16.9 Å². The van der Waals surface area contributed by atoms with Crippen LogP contribution in [0.2, 0.25) is 5.02 Å². The molecule has 0 bridgehead atoms. The molecule has 19 heavy (non-hydrogen) atoms. The Hall–Kier alpha value is -1.81. The van der Waals surface area contributed by atoms with Crippen LogP contribution in [0.3, 0.4) is 0 Å². The molecule has 2 N–H and O–H groups in total. The largest absolute Gasteiger partial charge is 0.473 e. The lowest BCUT2D eigenvalue weighted by Gasteiger charge is -2.08. The number of benzene rings is 1. The second-order valence-electron chi connectivity index (χ2n) is 4.18. The molecule has 0 aliphatic rings. The topological polar surface area (TPSA) is 61.0 Å². The minimum Gasteiger partial charge on any atom is -0.473 e. The lowest BCUT2D eigenvalue weighted by Crippen LogP contribution is -2.04. The maximum Gasteiger partial charge on any atom is 0.219 e. The first-order valence-corrected chi connectivity index (χ1v) is 6.56. The number of rotatable bonds is 5. The van der Waals surface area contributed by atoms with E-state index < -0.39 is 0 Å². The van der Waals surface area contributed by atoms with Crippen molar-refractivity contribution in [2.45, 2.75) is 26.4 Å². The molecule has 0 saturated heterocycles. The lowest BCUT2D eigenvalue weighted by molar-refractivity contribution is 0.292. The Labute approximate surface area is 117 Å². The van der Waals surface area contributed by atoms with E-state index in [0.29, 0.717) is 29.2 Å². The molecule has 0 atom stereocenters. The summed E-state index contributed by atoms with van der Waals surface area (Å²) in [5, 5.41) is 0.679. The van der Waals surface area contributed by atoms with Crippen molar-refractivity contribution in [3.63, 3.8) is 0 Å². The minimum absolute atomic E-state index is 0.363. The predicted molar refractivity (Wildman–Crippen MR) is 76.2 cm³/mol. The highest BCUT2D eigenvalue weighted by atomic mass is 35.5. The Morgan fingerprint density at radius 1 is 1.26 bits per heavy atom. The molecule has 0 fully saturated rings. The first kappa shape index (κ1) is 13.6. The van der Waals surface area contributed by atoms with Gasteiger partial charge in [-0.2, -0.15) is 4.98 Å². The van der Waals surface area contributed by atoms with Gasteiger partial charge in [-0.15, -0.1) is 0 Å². The van der Waals surface area contributed by atoms with Crippen molar-refractivity contribution in [3.05, 3.63) is 46.7 Å². The van der Waals surface area contributed by atoms with Gasteiger partial charge in [0.1, 0.15) is 18.2 Å². The van der Waals surface area contributed by atoms with Crippen molar-refractivity contribution in [1.29, 1.82) is 0 Å². The van der Waals surface area contributed by atoms with Crippen LogP contribution in [0.1, 0.15) is 24.7 Å². The summed E-state index contributed by atoms with van der Waals surface area (Å²) in [5.74, 6) is 1.61. The van der Waals surface area contributed by atoms with Gasteiger partial charge in [0, 0.05) is 23.1 Å². The molecule has 2 aromatic rings. The Balaban J connectivity index is 2.09. The molecule has 0 unspecified atom stereocenters. The smallest absolute Gasteiger partial charge is 0.219 e. The summed E-state index contributed by atoms with van der Waals surface area (Å²) in [7, 11) is 0. The quantitative estimate of drug-likeness (QED) is 0.911. The number of nitrogens with zero attached hydrogens (tertiary/aromatic N) is 2. The van der Waals surface area contributed by atoms with Gasteiger partial charge in [0.05, 0.1) is 0 Å². The molecule has 2 rings (SSSR count). The third-order valence-corrected chi connectivity index (χ3v) is 2.94. The summed E-state index contributed by atoms with van der Waals surface area (Å²) in [6, 6.07) is 9.17. The first-order chi connectivity index (χ1) is 9.19. The molecular weight excluding hydrogens is 262 g/mol. The molecule has 1 heterocycles. The fourth-order valence-electron chi connectivity index (χ4n) is 1.67. The number of anilines is 1. The number of nitrogen functional groups attached to an aromatic ring is 1. The zero-order chi connectivity index (χ0) is 13.7. The summed E-state index contributed by atoms with van der Waals surface area (Å²) in [6.45, 7) is 2.43. The van der Waals surface area contributed by atoms with E-state index in [-0.39, 0.29) is 0 Å². The van der Waals surface area contributed by atoms with Gasteiger partial charge in [0.15, 0.2) is 0 Å². The van der Waals surface area contributed by atoms with Gasteiger partial charge in [-0.25, -0.2) is 4.98 Å². The molecule has 1 aromatic heterocycles. The van der Waals surface area contributed by atoms with Crippen LogP contribution in [-0.2, 0) is 13.0 Å². The number of nitrogens with two attached hydrogens (primary N) is 1. The van der Waals surface area contributed by atoms with E-state index in [1.807, 2.05) is 24.3 Å². The molecule has 4 nitrogen and oxygen atoms in total. The SMILES string of the molecule is CCCc1nc(N)cc(OCc2ccccc2Cl)n1. The van der Waals surface area contributed by atoms with Crippen molar-refractivity contribution in [2.24, 2.45) is 0 Å². The van der Waals surface area contributed by atoms with Crippen LogP contribution in [0.15, 0.2) is 30.3 Å². The minimum atomic E-state index is 0.363. The molecule has 1 aromatic carbocycles. The van der Waals surface area contributed by atoms with Crippen molar-refractivity contribution in [3.8, 4) is 5.88 Å². The van der Waals surface area contributed by atoms with E-state index in [1.165, 1.54) is 0 Å². The van der Waals surface area contributed by atoms with Gasteiger partial charge in [-0.1, -0.05) is 36.7 Å². The highest BCUT2D eigenvalue weighted by Crippen LogP contribution is 2.18. The summed E-state index contributed by atoms with van der Waals surface area (Å²) >= 11 is 6.07. The number of halogens is 1. The number of aryl methyl sites for hydroxylation is 1. The van der Waals surface area contributed by atoms with Crippen molar-refractivity contribution in [2.75, 3.05) is 5.73 Å². The number of ether oxygens (including phenoxy) is 1. The fourth-order valence-corrected chi connectivity index (χ4v) is 1.86. The van der Waals surface area contributed by atoms with Crippen LogP contribution < -0.4 is 10.5 Å². The standard InChI is InChI=1S/C14H16ClN3O/c1-2-5-13-17-12(16)8-14(18-13)19-9-10-6-3-4-7-11(10)15/h3-4,6-8H,2,5,9H2,1H3,(H2,16,17,18). The zero-order valence-corrected chi connectivity index (χ0v) is 11.5. The molecular formula is C14H16ClN3O. The number of aromatic nitrogens is 2. The molecule has 0 aliphatic carbocycles. The molecule has 0 saturated carbocycles. The maximum atomic E-state index is 6.07. The van der Waals surface area contributed by atoms with Gasteiger partial charge in [-0.3, -0.25) is 0 Å². The van der Waals surface area contributed by atoms with Gasteiger partial charge >= 0.3 is 0 Å². The summed E-state index contributed by atoms with van der Waals surface area (Å²) in [5.41, 5.74) is 6.65. The molecule has 100 valence electrons. The van der Waals surface area contributed by atoms with Crippen molar-refractivity contribution >= 4 is 17.4 Å². The third kappa shape index (κ3) is 3.83. The Morgan fingerprint density at radius 3 is 2.79 bits per heavy atom. The Kier molecular flexibility index (Phi) is 4.58. The Morgan fingerprint density at radius 2 is 2.05 bits per heavy atom. The highest BCUT2D eigenvalue weighted by Gasteiger charge is 2.05. The summed E-state index contributed by atoms with van der Waals surface area (Å²) in [4.78, 5) is 8.47. The van der Waals surface area contributed by atoms with E-state index >= 15 is 0 Å². The van der Waals surface area contributed by atoms with E-state index in [1.54, 1.807) is 6.07 Å². The maximum absolute atomic E-state index is 6.07. The van der Waals surface area contributed by atoms with Crippen LogP contribution in [0.25, 0.3) is 0 Å². The van der Waals surface area contributed by atoms with Gasteiger partial charge in [0.25, 0.3) is 0 Å². The van der Waals surface area contributed by atoms with Gasteiger partial charge in [0.2, 0.25) is 5.88 Å². The number of hydrogen-bond acceptors (Lipinski definition) is 4. The van der Waals surface area contributed by atoms with Crippen molar-refractivity contribution < 1.29 is 4.74 Å². The van der Waals surface area contributed by atoms with E-state index in [9.17, 15) is 0 Å². The predicted octanol–water partition coefficient (Wildman–Crippen LogP) is 3.24. The second-order valence-corrected chi connectivity index (χ2v) is 4.58. The van der Waals surface area contributed by atoms with Crippen molar-refractivity contribution in [1.82, 2.24) is 9.97 Å². The molecule has 0 spiro atoms. The van der Waals surface area contributed by atoms with Crippen LogP contribution in [0, 0.1) is 0 Å². The second kappa shape index (κ2) is 6.38. The molecule has 0 radical (unpaired) electrons. The lowest BCUT2D eigenvalue weighted by atomic mass is 10.2. The van der Waals surface area contributed by atoms with Gasteiger partial charge in [-0.05, 0) is 12.5 Å². The fraction of sp³-hybridized carbons (Fsp3) is 0.286. The van der Waals surface area contributed by atoms with Crippen LogP contribution in [0.5, 0.6) is 5.88 Å². The molecule has 0 aliphatic heterocycles. The number of hydrogen-bond donors (Lipinski definition) is 1. The highest BCUT2D eigenvalue weighted by molar-refractivity contribution is 6.31. The van der Waals surface area contributed by atoms with E-state index in [0.717, 1.165) is 18.4 Å². The zero-order valence-electron chi connectivity index (χ0n) is 10.8. The third-order valence-electron chi connectivity index (χ3n) is 2.58.